The van der Waals surface area contributed by atoms with Crippen LogP contribution in [0, 0.1) is 0 Å². The maximum atomic E-state index is 12.5. The molecule has 2 rings (SSSR count). The van der Waals surface area contributed by atoms with Crippen LogP contribution in [0.3, 0.4) is 0 Å². The van der Waals surface area contributed by atoms with E-state index in [1.807, 2.05) is 0 Å². The summed E-state index contributed by atoms with van der Waals surface area (Å²) in [4.78, 5) is 12.5. The molecule has 8 nitrogen and oxygen atoms in total. The molecule has 28 heavy (non-hydrogen) atoms. The molecule has 0 bridgehead atoms. The van der Waals surface area contributed by atoms with Gasteiger partial charge in [-0.15, -0.1) is 0 Å². The second-order valence-corrected chi connectivity index (χ2v) is 10.4. The summed E-state index contributed by atoms with van der Waals surface area (Å²) in [5.74, 6) is -0.554. The van der Waals surface area contributed by atoms with Crippen molar-refractivity contribution in [1.82, 2.24) is 9.03 Å². The first-order chi connectivity index (χ1) is 12.9. The summed E-state index contributed by atoms with van der Waals surface area (Å²) in [6.07, 6.45) is 0. The minimum atomic E-state index is -3.74. The van der Waals surface area contributed by atoms with E-state index in [2.05, 4.69) is 10.0 Å². The third-order valence-electron chi connectivity index (χ3n) is 3.71. The van der Waals surface area contributed by atoms with Crippen LogP contribution in [0.4, 0.5) is 5.69 Å². The van der Waals surface area contributed by atoms with Crippen LogP contribution in [-0.2, 0) is 20.0 Å². The topological polar surface area (TPSA) is 113 Å². The molecular weight excluding hydrogens is 402 g/mol. The number of nitrogens with one attached hydrogen (secondary N) is 2. The largest absolute Gasteiger partial charge is 0.321 e. The summed E-state index contributed by atoms with van der Waals surface area (Å²) >= 11 is 0. The van der Waals surface area contributed by atoms with E-state index in [1.54, 1.807) is 26.0 Å². The van der Waals surface area contributed by atoms with Gasteiger partial charge in [-0.05, 0) is 50.2 Å². The number of sulfonamides is 2. The van der Waals surface area contributed by atoms with Gasteiger partial charge in [-0.25, -0.2) is 25.9 Å². The van der Waals surface area contributed by atoms with Crippen LogP contribution in [0.1, 0.15) is 24.2 Å². The molecule has 0 saturated carbocycles. The van der Waals surface area contributed by atoms with E-state index in [9.17, 15) is 21.6 Å². The third kappa shape index (κ3) is 4.96. The van der Waals surface area contributed by atoms with Crippen molar-refractivity contribution in [3.8, 4) is 0 Å². The molecule has 0 unspecified atom stereocenters. The highest BCUT2D eigenvalue weighted by Gasteiger charge is 2.22. The van der Waals surface area contributed by atoms with Crippen molar-refractivity contribution in [3.63, 3.8) is 0 Å². The zero-order chi connectivity index (χ0) is 21.1. The maximum absolute atomic E-state index is 12.5. The van der Waals surface area contributed by atoms with Crippen LogP contribution >= 0.6 is 0 Å². The van der Waals surface area contributed by atoms with Gasteiger partial charge < -0.3 is 5.32 Å². The van der Waals surface area contributed by atoms with E-state index in [0.717, 1.165) is 4.31 Å². The lowest BCUT2D eigenvalue weighted by atomic mass is 10.2. The molecular formula is C18H23N3O5S2. The normalized spacial score (nSPS) is 12.4. The molecule has 2 aromatic rings. The third-order valence-corrected chi connectivity index (χ3v) is 7.26. The Labute approximate surface area is 165 Å². The Bertz CT molecular complexity index is 1060. The van der Waals surface area contributed by atoms with Crippen LogP contribution in [0.15, 0.2) is 58.3 Å². The fourth-order valence-corrected chi connectivity index (χ4v) is 4.64. The van der Waals surface area contributed by atoms with Crippen molar-refractivity contribution in [1.29, 1.82) is 0 Å². The number of amides is 1. The second kappa shape index (κ2) is 8.39. The summed E-state index contributed by atoms with van der Waals surface area (Å²) < 4.78 is 52.6. The molecule has 0 aliphatic rings. The van der Waals surface area contributed by atoms with Crippen LogP contribution < -0.4 is 10.0 Å². The number of benzene rings is 2. The standard InChI is InChI=1S/C18H23N3O5S2/c1-13(2)20-27(23,24)15-11-9-14(10-12-15)18(22)19-16-7-5-6-8-17(16)28(25,26)21(3)4/h5-13,20H,1-4H3,(H,19,22). The Morgan fingerprint density at radius 3 is 2.04 bits per heavy atom. The first-order valence-corrected chi connectivity index (χ1v) is 11.3. The molecule has 0 atom stereocenters. The highest BCUT2D eigenvalue weighted by Crippen LogP contribution is 2.24. The zero-order valence-corrected chi connectivity index (χ0v) is 17.6. The maximum Gasteiger partial charge on any atom is 0.255 e. The number of hydrogen-bond donors (Lipinski definition) is 2. The lowest BCUT2D eigenvalue weighted by molar-refractivity contribution is 0.102. The summed E-state index contributed by atoms with van der Waals surface area (Å²) in [6.45, 7) is 3.41. The number of anilines is 1. The summed E-state index contributed by atoms with van der Waals surface area (Å²) in [6, 6.07) is 11.2. The molecule has 0 spiro atoms. The van der Waals surface area contributed by atoms with E-state index in [0.29, 0.717) is 0 Å². The van der Waals surface area contributed by atoms with Crippen molar-refractivity contribution >= 4 is 31.6 Å². The average molecular weight is 426 g/mol. The van der Waals surface area contributed by atoms with Crippen molar-refractivity contribution < 1.29 is 21.6 Å². The molecule has 152 valence electrons. The Hall–Kier alpha value is -2.27. The van der Waals surface area contributed by atoms with Gasteiger partial charge in [-0.1, -0.05) is 12.1 Å². The van der Waals surface area contributed by atoms with Gasteiger partial charge in [0.25, 0.3) is 5.91 Å². The van der Waals surface area contributed by atoms with E-state index in [-0.39, 0.29) is 27.1 Å². The summed E-state index contributed by atoms with van der Waals surface area (Å²) in [5, 5.41) is 2.57. The van der Waals surface area contributed by atoms with E-state index < -0.39 is 26.0 Å². The van der Waals surface area contributed by atoms with Gasteiger partial charge in [0.1, 0.15) is 4.90 Å². The monoisotopic (exact) mass is 425 g/mol. The summed E-state index contributed by atoms with van der Waals surface area (Å²) in [5.41, 5.74) is 0.333. The van der Waals surface area contributed by atoms with E-state index in [4.69, 9.17) is 0 Å². The van der Waals surface area contributed by atoms with Gasteiger partial charge >= 0.3 is 0 Å². The Kier molecular flexibility index (Phi) is 6.60. The second-order valence-electron chi connectivity index (χ2n) is 6.54. The van der Waals surface area contributed by atoms with Gasteiger partial charge in [0.05, 0.1) is 10.6 Å². The number of nitrogens with zero attached hydrogens (tertiary/aromatic N) is 1. The predicted octanol–water partition coefficient (Wildman–Crippen LogP) is 1.88. The first kappa shape index (κ1) is 22.0. The fraction of sp³-hybridized carbons (Fsp3) is 0.278. The Morgan fingerprint density at radius 1 is 0.929 bits per heavy atom. The highest BCUT2D eigenvalue weighted by atomic mass is 32.2. The minimum absolute atomic E-state index is 0.0336. The molecule has 0 fully saturated rings. The minimum Gasteiger partial charge on any atom is -0.321 e. The van der Waals surface area contributed by atoms with Crippen LogP contribution in [0.2, 0.25) is 0 Å². The average Bonchev–Trinajstić information content (AvgIpc) is 2.61. The van der Waals surface area contributed by atoms with Crippen molar-refractivity contribution in [2.24, 2.45) is 0 Å². The van der Waals surface area contributed by atoms with E-state index in [1.165, 1.54) is 50.5 Å². The smallest absolute Gasteiger partial charge is 0.255 e. The van der Waals surface area contributed by atoms with Crippen molar-refractivity contribution in [3.05, 3.63) is 54.1 Å². The molecule has 2 aromatic carbocycles. The van der Waals surface area contributed by atoms with Gasteiger partial charge in [-0.2, -0.15) is 0 Å². The lowest BCUT2D eigenvalue weighted by Crippen LogP contribution is -2.30. The van der Waals surface area contributed by atoms with Crippen LogP contribution in [-0.4, -0.2) is 47.2 Å². The molecule has 0 heterocycles. The van der Waals surface area contributed by atoms with Crippen molar-refractivity contribution in [2.75, 3.05) is 19.4 Å². The lowest BCUT2D eigenvalue weighted by Gasteiger charge is -2.15. The zero-order valence-electron chi connectivity index (χ0n) is 16.0. The molecule has 0 radical (unpaired) electrons. The predicted molar refractivity (Wildman–Crippen MR) is 107 cm³/mol. The van der Waals surface area contributed by atoms with Gasteiger partial charge in [0, 0.05) is 25.7 Å². The molecule has 2 N–H and O–H groups in total. The Morgan fingerprint density at radius 2 is 1.50 bits per heavy atom. The van der Waals surface area contributed by atoms with Crippen LogP contribution in [0.5, 0.6) is 0 Å². The SMILES string of the molecule is CC(C)NS(=O)(=O)c1ccc(C(=O)Nc2ccccc2S(=O)(=O)N(C)C)cc1. The Balaban J connectivity index is 2.28. The van der Waals surface area contributed by atoms with Gasteiger partial charge in [0.2, 0.25) is 20.0 Å². The number of para-hydroxylation sites is 1. The number of carbonyl (C=O) groups is 1. The van der Waals surface area contributed by atoms with E-state index >= 15 is 0 Å². The van der Waals surface area contributed by atoms with Gasteiger partial charge in [-0.3, -0.25) is 4.79 Å². The van der Waals surface area contributed by atoms with Crippen LogP contribution in [0.25, 0.3) is 0 Å². The van der Waals surface area contributed by atoms with Gasteiger partial charge in [0.15, 0.2) is 0 Å². The quantitative estimate of drug-likeness (QED) is 0.703. The molecule has 0 aliphatic heterocycles. The molecule has 0 saturated heterocycles. The number of carbonyl (C=O) groups excluding carboxylic acids is 1. The molecule has 10 heteroatoms. The number of rotatable bonds is 7. The highest BCUT2D eigenvalue weighted by molar-refractivity contribution is 7.89. The number of hydrogen-bond acceptors (Lipinski definition) is 5. The molecule has 0 aliphatic carbocycles. The van der Waals surface area contributed by atoms with Crippen molar-refractivity contribution in [2.45, 2.75) is 29.7 Å². The summed E-state index contributed by atoms with van der Waals surface area (Å²) in [7, 11) is -4.60. The first-order valence-electron chi connectivity index (χ1n) is 8.40. The molecule has 1 amide bonds. The fourth-order valence-electron chi connectivity index (χ4n) is 2.35. The molecule has 0 aromatic heterocycles.